The van der Waals surface area contributed by atoms with Gasteiger partial charge in [-0.3, -0.25) is 14.1 Å². The molecule has 150 valence electrons. The molecule has 0 aliphatic rings. The van der Waals surface area contributed by atoms with E-state index in [-0.39, 0.29) is 26.3 Å². The lowest BCUT2D eigenvalue weighted by Gasteiger charge is -2.24. The van der Waals surface area contributed by atoms with Gasteiger partial charge in [-0.1, -0.05) is 29.3 Å². The number of para-hydroxylation sites is 1. The molecule has 1 amide bonds. The van der Waals surface area contributed by atoms with Crippen molar-refractivity contribution in [1.29, 1.82) is 0 Å². The third-order valence-corrected chi connectivity index (χ3v) is 6.24. The van der Waals surface area contributed by atoms with Crippen molar-refractivity contribution < 1.29 is 17.6 Å². The van der Waals surface area contributed by atoms with E-state index in [2.05, 4.69) is 10.3 Å². The van der Waals surface area contributed by atoms with Gasteiger partial charge in [0.2, 0.25) is 5.91 Å². The minimum atomic E-state index is -4.15. The van der Waals surface area contributed by atoms with Crippen LogP contribution in [0.15, 0.2) is 71.9 Å². The lowest BCUT2D eigenvalue weighted by molar-refractivity contribution is -0.114. The number of benzene rings is 2. The molecule has 0 spiro atoms. The van der Waals surface area contributed by atoms with E-state index in [1.807, 2.05) is 0 Å². The van der Waals surface area contributed by atoms with E-state index in [0.717, 1.165) is 22.6 Å². The van der Waals surface area contributed by atoms with Gasteiger partial charge in [0.25, 0.3) is 10.0 Å². The fourth-order valence-corrected chi connectivity index (χ4v) is 4.35. The Morgan fingerprint density at radius 3 is 2.28 bits per heavy atom. The fraction of sp³-hybridized carbons (Fsp3) is 0.0526. The second-order valence-electron chi connectivity index (χ2n) is 5.82. The number of aromatic nitrogens is 1. The van der Waals surface area contributed by atoms with E-state index in [9.17, 15) is 17.6 Å². The zero-order valence-corrected chi connectivity index (χ0v) is 17.0. The first kappa shape index (κ1) is 21.0. The van der Waals surface area contributed by atoms with Crippen LogP contribution in [-0.2, 0) is 14.8 Å². The summed E-state index contributed by atoms with van der Waals surface area (Å²) >= 11 is 12.1. The molecule has 1 aromatic heterocycles. The van der Waals surface area contributed by atoms with Gasteiger partial charge in [0, 0.05) is 12.4 Å². The summed E-state index contributed by atoms with van der Waals surface area (Å²) < 4.78 is 40.4. The molecule has 1 heterocycles. The van der Waals surface area contributed by atoms with Gasteiger partial charge in [0.05, 0.1) is 21.4 Å². The summed E-state index contributed by atoms with van der Waals surface area (Å²) in [6.45, 7) is -0.593. The van der Waals surface area contributed by atoms with Gasteiger partial charge in [-0.25, -0.2) is 12.8 Å². The van der Waals surface area contributed by atoms with Crippen LogP contribution < -0.4 is 9.62 Å². The number of anilines is 2. The number of carbonyl (C=O) groups is 1. The summed E-state index contributed by atoms with van der Waals surface area (Å²) in [5.74, 6) is -1.23. The molecule has 0 aliphatic heterocycles. The lowest BCUT2D eigenvalue weighted by atomic mass is 10.3. The first-order valence-corrected chi connectivity index (χ1v) is 10.4. The van der Waals surface area contributed by atoms with Gasteiger partial charge in [-0.15, -0.1) is 0 Å². The largest absolute Gasteiger partial charge is 0.322 e. The fourth-order valence-electron chi connectivity index (χ4n) is 2.48. The Morgan fingerprint density at radius 2 is 1.69 bits per heavy atom. The van der Waals surface area contributed by atoms with Crippen molar-refractivity contribution in [2.45, 2.75) is 4.90 Å². The van der Waals surface area contributed by atoms with E-state index in [4.69, 9.17) is 23.2 Å². The van der Waals surface area contributed by atoms with Crippen LogP contribution in [0, 0.1) is 5.82 Å². The molecule has 0 saturated heterocycles. The van der Waals surface area contributed by atoms with Crippen LogP contribution in [0.4, 0.5) is 15.8 Å². The van der Waals surface area contributed by atoms with Crippen molar-refractivity contribution in [3.63, 3.8) is 0 Å². The van der Waals surface area contributed by atoms with E-state index in [0.29, 0.717) is 0 Å². The van der Waals surface area contributed by atoms with Crippen molar-refractivity contribution in [2.24, 2.45) is 0 Å². The molecule has 0 atom stereocenters. The first-order valence-electron chi connectivity index (χ1n) is 8.21. The van der Waals surface area contributed by atoms with Gasteiger partial charge >= 0.3 is 0 Å². The Labute approximate surface area is 176 Å². The third-order valence-electron chi connectivity index (χ3n) is 3.85. The molecule has 10 heteroatoms. The quantitative estimate of drug-likeness (QED) is 0.600. The molecule has 1 N–H and O–H groups in total. The van der Waals surface area contributed by atoms with E-state index >= 15 is 0 Å². The van der Waals surface area contributed by atoms with Crippen LogP contribution in [0.2, 0.25) is 10.0 Å². The molecule has 0 radical (unpaired) electrons. The number of nitrogens with zero attached hydrogens (tertiary/aromatic N) is 2. The maximum Gasteiger partial charge on any atom is 0.266 e. The number of pyridine rings is 1. The number of hydrogen-bond acceptors (Lipinski definition) is 4. The number of amides is 1. The molecular weight excluding hydrogens is 440 g/mol. The van der Waals surface area contributed by atoms with Crippen LogP contribution in [0.25, 0.3) is 0 Å². The highest BCUT2D eigenvalue weighted by Gasteiger charge is 2.28. The SMILES string of the molecule is O=C(CN(c1ccc(F)cc1)S(=O)(=O)c1cccnc1)Nc1c(Cl)cccc1Cl. The predicted octanol–water partition coefficient (Wildman–Crippen LogP) is 4.36. The van der Waals surface area contributed by atoms with E-state index in [1.165, 1.54) is 42.6 Å². The Hall–Kier alpha value is -2.68. The molecule has 0 saturated carbocycles. The lowest BCUT2D eigenvalue weighted by Crippen LogP contribution is -2.38. The highest BCUT2D eigenvalue weighted by Crippen LogP contribution is 2.30. The standard InChI is InChI=1S/C19H14Cl2FN3O3S/c20-16-4-1-5-17(21)19(16)24-18(26)12-25(14-8-6-13(22)7-9-14)29(27,28)15-3-2-10-23-11-15/h1-11H,12H2,(H,24,26). The molecule has 3 aromatic rings. The molecular formula is C19H14Cl2FN3O3S. The summed E-state index contributed by atoms with van der Waals surface area (Å²) in [6, 6.07) is 12.2. The Kier molecular flexibility index (Phi) is 6.36. The molecule has 0 fully saturated rings. The predicted molar refractivity (Wildman–Crippen MR) is 110 cm³/mol. The minimum Gasteiger partial charge on any atom is -0.322 e. The molecule has 2 aromatic carbocycles. The van der Waals surface area contributed by atoms with Gasteiger partial charge in [0.15, 0.2) is 0 Å². The maximum absolute atomic E-state index is 13.3. The minimum absolute atomic E-state index is 0.107. The number of hydrogen-bond donors (Lipinski definition) is 1. The van der Waals surface area contributed by atoms with Crippen molar-refractivity contribution in [1.82, 2.24) is 4.98 Å². The molecule has 29 heavy (non-hydrogen) atoms. The highest BCUT2D eigenvalue weighted by atomic mass is 35.5. The van der Waals surface area contributed by atoms with E-state index < -0.39 is 28.3 Å². The van der Waals surface area contributed by atoms with Crippen LogP contribution in [0.5, 0.6) is 0 Å². The highest BCUT2D eigenvalue weighted by molar-refractivity contribution is 7.92. The Morgan fingerprint density at radius 1 is 1.03 bits per heavy atom. The molecule has 0 unspecified atom stereocenters. The van der Waals surface area contributed by atoms with Crippen LogP contribution in [-0.4, -0.2) is 25.9 Å². The number of carbonyl (C=O) groups excluding carboxylic acids is 1. The summed E-state index contributed by atoms with van der Waals surface area (Å²) in [4.78, 5) is 16.3. The zero-order valence-electron chi connectivity index (χ0n) is 14.7. The average molecular weight is 454 g/mol. The number of sulfonamides is 1. The molecule has 0 aliphatic carbocycles. The monoisotopic (exact) mass is 453 g/mol. The maximum atomic E-state index is 13.3. The van der Waals surface area contributed by atoms with Gasteiger partial charge in [-0.2, -0.15) is 0 Å². The topological polar surface area (TPSA) is 79.4 Å². The van der Waals surface area contributed by atoms with Crippen molar-refractivity contribution in [3.8, 4) is 0 Å². The van der Waals surface area contributed by atoms with Crippen molar-refractivity contribution in [2.75, 3.05) is 16.2 Å². The van der Waals surface area contributed by atoms with Crippen molar-refractivity contribution in [3.05, 3.63) is 82.9 Å². The summed E-state index contributed by atoms with van der Waals surface area (Å²) in [7, 11) is -4.15. The normalized spacial score (nSPS) is 11.1. The third kappa shape index (κ3) is 4.84. The summed E-state index contributed by atoms with van der Waals surface area (Å²) in [6.07, 6.45) is 2.59. The summed E-state index contributed by atoms with van der Waals surface area (Å²) in [5, 5.41) is 2.92. The van der Waals surface area contributed by atoms with Crippen molar-refractivity contribution >= 4 is 50.5 Å². The zero-order chi connectivity index (χ0) is 21.0. The van der Waals surface area contributed by atoms with Crippen LogP contribution >= 0.6 is 23.2 Å². The summed E-state index contributed by atoms with van der Waals surface area (Å²) in [5.41, 5.74) is 0.273. The van der Waals surface area contributed by atoms with Crippen LogP contribution in [0.3, 0.4) is 0 Å². The smallest absolute Gasteiger partial charge is 0.266 e. The first-order chi connectivity index (χ1) is 13.8. The Balaban J connectivity index is 1.96. The molecule has 0 bridgehead atoms. The number of rotatable bonds is 6. The average Bonchev–Trinajstić information content (AvgIpc) is 2.70. The number of nitrogens with one attached hydrogen (secondary N) is 1. The van der Waals surface area contributed by atoms with Gasteiger partial charge < -0.3 is 5.32 Å². The van der Waals surface area contributed by atoms with Gasteiger partial charge in [0.1, 0.15) is 17.3 Å². The Bertz CT molecular complexity index is 1110. The molecule has 3 rings (SSSR count). The van der Waals surface area contributed by atoms with Gasteiger partial charge in [-0.05, 0) is 48.5 Å². The van der Waals surface area contributed by atoms with Crippen LogP contribution in [0.1, 0.15) is 0 Å². The second-order valence-corrected chi connectivity index (χ2v) is 8.50. The number of halogens is 3. The second kappa shape index (κ2) is 8.77. The van der Waals surface area contributed by atoms with E-state index in [1.54, 1.807) is 6.07 Å². The molecule has 6 nitrogen and oxygen atoms in total.